The quantitative estimate of drug-likeness (QED) is 0.676. The van der Waals surface area contributed by atoms with Gasteiger partial charge >= 0.3 is 12.1 Å². The lowest BCUT2D eigenvalue weighted by Crippen LogP contribution is -2.36. The van der Waals surface area contributed by atoms with Gasteiger partial charge < -0.3 is 19.5 Å². The second kappa shape index (κ2) is 6.79. The molecular weight excluding hydrogens is 262 g/mol. The van der Waals surface area contributed by atoms with E-state index < -0.39 is 17.7 Å². The van der Waals surface area contributed by atoms with Crippen LogP contribution >= 0.6 is 0 Å². The zero-order chi connectivity index (χ0) is 15.2. The van der Waals surface area contributed by atoms with Crippen LogP contribution in [0.5, 0.6) is 11.5 Å². The molecule has 0 aromatic heterocycles. The molecule has 1 N–H and O–H groups in total. The number of methoxy groups -OCH3 is 1. The standard InChI is InChI=1S/C14H19NO5/c1-14(2,3)20-13(17)15-9-12(16)19-11-7-5-10(18-4)6-8-11/h5-8H,9H2,1-4H3,(H,15,17). The summed E-state index contributed by atoms with van der Waals surface area (Å²) >= 11 is 0. The smallest absolute Gasteiger partial charge is 0.408 e. The molecule has 0 bridgehead atoms. The highest BCUT2D eigenvalue weighted by atomic mass is 16.6. The zero-order valence-electron chi connectivity index (χ0n) is 12.1. The van der Waals surface area contributed by atoms with Gasteiger partial charge in [0.05, 0.1) is 7.11 Å². The van der Waals surface area contributed by atoms with Crippen LogP contribution in [0.3, 0.4) is 0 Å². The largest absolute Gasteiger partial charge is 0.497 e. The second-order valence-corrected chi connectivity index (χ2v) is 5.01. The molecule has 0 aliphatic carbocycles. The highest BCUT2D eigenvalue weighted by Crippen LogP contribution is 2.16. The van der Waals surface area contributed by atoms with Gasteiger partial charge in [-0.15, -0.1) is 0 Å². The molecule has 0 fully saturated rings. The van der Waals surface area contributed by atoms with Crippen LogP contribution in [0, 0.1) is 0 Å². The van der Waals surface area contributed by atoms with Gasteiger partial charge in [0.2, 0.25) is 0 Å². The molecule has 0 spiro atoms. The molecule has 0 atom stereocenters. The number of carbonyl (C=O) groups is 2. The van der Waals surface area contributed by atoms with E-state index in [4.69, 9.17) is 14.2 Å². The number of alkyl carbamates (subject to hydrolysis) is 1. The van der Waals surface area contributed by atoms with Crippen molar-refractivity contribution in [3.05, 3.63) is 24.3 Å². The van der Waals surface area contributed by atoms with E-state index in [2.05, 4.69) is 5.32 Å². The van der Waals surface area contributed by atoms with Gasteiger partial charge in [0.25, 0.3) is 0 Å². The van der Waals surface area contributed by atoms with E-state index in [9.17, 15) is 9.59 Å². The fourth-order valence-electron chi connectivity index (χ4n) is 1.27. The summed E-state index contributed by atoms with van der Waals surface area (Å²) in [5.74, 6) is 0.458. The second-order valence-electron chi connectivity index (χ2n) is 5.01. The maximum absolute atomic E-state index is 11.5. The van der Waals surface area contributed by atoms with Crippen LogP contribution in [0.15, 0.2) is 24.3 Å². The van der Waals surface area contributed by atoms with Crippen molar-refractivity contribution in [3.63, 3.8) is 0 Å². The summed E-state index contributed by atoms with van der Waals surface area (Å²) in [6, 6.07) is 6.54. The summed E-state index contributed by atoms with van der Waals surface area (Å²) in [5, 5.41) is 2.32. The Labute approximate surface area is 118 Å². The van der Waals surface area contributed by atoms with Crippen molar-refractivity contribution in [3.8, 4) is 11.5 Å². The van der Waals surface area contributed by atoms with Gasteiger partial charge in [-0.1, -0.05) is 0 Å². The molecule has 6 nitrogen and oxygen atoms in total. The van der Waals surface area contributed by atoms with Crippen molar-refractivity contribution in [2.24, 2.45) is 0 Å². The van der Waals surface area contributed by atoms with Gasteiger partial charge in [0.15, 0.2) is 0 Å². The highest BCUT2D eigenvalue weighted by molar-refractivity contribution is 5.79. The van der Waals surface area contributed by atoms with Crippen molar-refractivity contribution in [1.29, 1.82) is 0 Å². The molecule has 1 rings (SSSR count). The predicted molar refractivity (Wildman–Crippen MR) is 72.9 cm³/mol. The summed E-state index contributed by atoms with van der Waals surface area (Å²) < 4.78 is 15.0. The molecule has 0 saturated carbocycles. The van der Waals surface area contributed by atoms with Crippen LogP contribution in [0.25, 0.3) is 0 Å². The van der Waals surface area contributed by atoms with Crippen molar-refractivity contribution >= 4 is 12.1 Å². The minimum absolute atomic E-state index is 0.263. The van der Waals surface area contributed by atoms with Crippen molar-refractivity contribution in [2.45, 2.75) is 26.4 Å². The number of ether oxygens (including phenoxy) is 3. The highest BCUT2D eigenvalue weighted by Gasteiger charge is 2.17. The third-order valence-corrected chi connectivity index (χ3v) is 2.07. The number of esters is 1. The Kier molecular flexibility index (Phi) is 5.37. The van der Waals surface area contributed by atoms with E-state index in [0.29, 0.717) is 11.5 Å². The molecule has 1 amide bonds. The van der Waals surface area contributed by atoms with Gasteiger partial charge in [0.1, 0.15) is 23.6 Å². The Balaban J connectivity index is 2.38. The SMILES string of the molecule is COc1ccc(OC(=O)CNC(=O)OC(C)(C)C)cc1. The summed E-state index contributed by atoms with van der Waals surface area (Å²) in [7, 11) is 1.55. The number of hydrogen-bond acceptors (Lipinski definition) is 5. The minimum Gasteiger partial charge on any atom is -0.497 e. The molecule has 1 aromatic carbocycles. The molecule has 1 aromatic rings. The van der Waals surface area contributed by atoms with E-state index in [1.54, 1.807) is 52.1 Å². The third-order valence-electron chi connectivity index (χ3n) is 2.07. The van der Waals surface area contributed by atoms with Gasteiger partial charge in [0, 0.05) is 0 Å². The van der Waals surface area contributed by atoms with Gasteiger partial charge in [-0.3, -0.25) is 0 Å². The van der Waals surface area contributed by atoms with Crippen LogP contribution in [0.2, 0.25) is 0 Å². The summed E-state index contributed by atoms with van der Waals surface area (Å²) in [6.45, 7) is 4.95. The number of hydrogen-bond donors (Lipinski definition) is 1. The molecule has 6 heteroatoms. The molecule has 0 heterocycles. The lowest BCUT2D eigenvalue weighted by Gasteiger charge is -2.19. The summed E-state index contributed by atoms with van der Waals surface area (Å²) in [5.41, 5.74) is -0.607. The first-order valence-corrected chi connectivity index (χ1v) is 6.12. The van der Waals surface area contributed by atoms with Crippen LogP contribution < -0.4 is 14.8 Å². The lowest BCUT2D eigenvalue weighted by atomic mass is 10.2. The Morgan fingerprint density at radius 2 is 1.65 bits per heavy atom. The number of benzene rings is 1. The average Bonchev–Trinajstić information content (AvgIpc) is 2.35. The van der Waals surface area contributed by atoms with Crippen molar-refractivity contribution in [2.75, 3.05) is 13.7 Å². The fourth-order valence-corrected chi connectivity index (χ4v) is 1.27. The van der Waals surface area contributed by atoms with E-state index in [1.165, 1.54) is 0 Å². The van der Waals surface area contributed by atoms with Crippen LogP contribution in [0.1, 0.15) is 20.8 Å². The number of amides is 1. The van der Waals surface area contributed by atoms with Crippen LogP contribution in [-0.4, -0.2) is 31.3 Å². The van der Waals surface area contributed by atoms with Crippen molar-refractivity contribution in [1.82, 2.24) is 5.32 Å². The van der Waals surface area contributed by atoms with E-state index in [1.807, 2.05) is 0 Å². The number of nitrogens with one attached hydrogen (secondary N) is 1. The molecular formula is C14H19NO5. The molecule has 20 heavy (non-hydrogen) atoms. The van der Waals surface area contributed by atoms with E-state index in [-0.39, 0.29) is 6.54 Å². The first-order valence-electron chi connectivity index (χ1n) is 6.12. The minimum atomic E-state index is -0.663. The maximum atomic E-state index is 11.5. The maximum Gasteiger partial charge on any atom is 0.408 e. The molecule has 110 valence electrons. The van der Waals surface area contributed by atoms with Crippen LogP contribution in [0.4, 0.5) is 4.79 Å². The summed E-state index contributed by atoms with van der Waals surface area (Å²) in [6.07, 6.45) is -0.663. The monoisotopic (exact) mass is 281 g/mol. The topological polar surface area (TPSA) is 73.9 Å². The predicted octanol–water partition coefficient (Wildman–Crippen LogP) is 2.13. The molecule has 0 radical (unpaired) electrons. The Morgan fingerprint density at radius 1 is 1.10 bits per heavy atom. The van der Waals surface area contributed by atoms with E-state index >= 15 is 0 Å². The average molecular weight is 281 g/mol. The Hall–Kier alpha value is -2.24. The third kappa shape index (κ3) is 6.08. The van der Waals surface area contributed by atoms with Crippen LogP contribution in [-0.2, 0) is 9.53 Å². The van der Waals surface area contributed by atoms with E-state index in [0.717, 1.165) is 0 Å². The zero-order valence-corrected chi connectivity index (χ0v) is 12.1. The molecule has 0 aliphatic rings. The molecule has 0 aliphatic heterocycles. The summed E-state index contributed by atoms with van der Waals surface area (Å²) in [4.78, 5) is 22.9. The first-order chi connectivity index (χ1) is 9.30. The van der Waals surface area contributed by atoms with Crippen molar-refractivity contribution < 1.29 is 23.8 Å². The normalized spacial score (nSPS) is 10.6. The number of rotatable bonds is 4. The fraction of sp³-hybridized carbons (Fsp3) is 0.429. The van der Waals surface area contributed by atoms with Gasteiger partial charge in [-0.05, 0) is 45.0 Å². The number of carbonyl (C=O) groups excluding carboxylic acids is 2. The molecule has 0 saturated heterocycles. The van der Waals surface area contributed by atoms with Gasteiger partial charge in [-0.2, -0.15) is 0 Å². The Morgan fingerprint density at radius 3 is 2.15 bits per heavy atom. The Bertz CT molecular complexity index is 461. The lowest BCUT2D eigenvalue weighted by molar-refractivity contribution is -0.133. The molecule has 0 unspecified atom stereocenters. The van der Waals surface area contributed by atoms with Gasteiger partial charge in [-0.25, -0.2) is 9.59 Å². The first kappa shape index (κ1) is 15.8.